The fourth-order valence-corrected chi connectivity index (χ4v) is 3.93. The van der Waals surface area contributed by atoms with E-state index in [1.165, 1.54) is 11.1 Å². The van der Waals surface area contributed by atoms with Crippen LogP contribution in [0.3, 0.4) is 0 Å². The predicted octanol–water partition coefficient (Wildman–Crippen LogP) is 4.52. The second-order valence-corrected chi connectivity index (χ2v) is 8.51. The number of pyridine rings is 2. The number of aromatic nitrogens is 2. The van der Waals surface area contributed by atoms with Gasteiger partial charge in [-0.15, -0.1) is 11.6 Å². The lowest BCUT2D eigenvalue weighted by molar-refractivity contribution is 0.0928. The number of nitrogens with zero attached hydrogens (tertiary/aromatic N) is 4. The smallest absolute Gasteiger partial charge is 0.136 e. The highest BCUT2D eigenvalue weighted by Gasteiger charge is 2.19. The molecule has 0 N–H and O–H groups in total. The SMILES string of the molecule is Cc1ccc2c(n1)/C(=N/OCC(Cl)CO/N=C1\CCCc3ccc(C)nc31)CCC2. The Morgan fingerprint density at radius 3 is 1.73 bits per heavy atom. The first-order valence-corrected chi connectivity index (χ1v) is 11.0. The van der Waals surface area contributed by atoms with Crippen molar-refractivity contribution in [2.75, 3.05) is 13.2 Å². The van der Waals surface area contributed by atoms with Crippen molar-refractivity contribution in [1.82, 2.24) is 9.97 Å². The Labute approximate surface area is 182 Å². The van der Waals surface area contributed by atoms with E-state index in [0.717, 1.165) is 72.7 Å². The maximum Gasteiger partial charge on any atom is 0.136 e. The molecule has 7 heteroatoms. The van der Waals surface area contributed by atoms with Gasteiger partial charge in [-0.3, -0.25) is 9.97 Å². The van der Waals surface area contributed by atoms with Crippen LogP contribution in [0.2, 0.25) is 0 Å². The van der Waals surface area contributed by atoms with E-state index in [2.05, 4.69) is 32.4 Å². The maximum atomic E-state index is 6.35. The summed E-state index contributed by atoms with van der Waals surface area (Å²) in [5.41, 5.74) is 8.12. The summed E-state index contributed by atoms with van der Waals surface area (Å²) in [4.78, 5) is 20.3. The van der Waals surface area contributed by atoms with Crippen LogP contribution in [-0.2, 0) is 22.5 Å². The van der Waals surface area contributed by atoms with Crippen molar-refractivity contribution in [2.24, 2.45) is 10.3 Å². The number of alkyl halides is 1. The van der Waals surface area contributed by atoms with Crippen LogP contribution in [0.25, 0.3) is 0 Å². The van der Waals surface area contributed by atoms with Crippen molar-refractivity contribution < 1.29 is 9.68 Å². The first kappa shape index (κ1) is 20.8. The van der Waals surface area contributed by atoms with Crippen LogP contribution in [0, 0.1) is 13.8 Å². The van der Waals surface area contributed by atoms with Crippen LogP contribution < -0.4 is 0 Å². The molecule has 4 rings (SSSR count). The average molecular weight is 427 g/mol. The third-order valence-corrected chi connectivity index (χ3v) is 5.61. The van der Waals surface area contributed by atoms with Crippen molar-refractivity contribution in [2.45, 2.75) is 57.7 Å². The van der Waals surface area contributed by atoms with E-state index in [0.29, 0.717) is 0 Å². The molecule has 30 heavy (non-hydrogen) atoms. The Hall–Kier alpha value is -2.47. The molecule has 0 unspecified atom stereocenters. The van der Waals surface area contributed by atoms with E-state index < -0.39 is 0 Å². The highest BCUT2D eigenvalue weighted by Crippen LogP contribution is 2.22. The molecule has 2 aliphatic rings. The molecule has 0 spiro atoms. The summed E-state index contributed by atoms with van der Waals surface area (Å²) < 4.78 is 0. The van der Waals surface area contributed by atoms with Crippen molar-refractivity contribution in [3.63, 3.8) is 0 Å². The number of rotatable bonds is 6. The summed E-state index contributed by atoms with van der Waals surface area (Å²) in [7, 11) is 0. The number of aryl methyl sites for hydroxylation is 4. The van der Waals surface area contributed by atoms with Gasteiger partial charge in [0.2, 0.25) is 0 Å². The minimum absolute atomic E-state index is 0.255. The molecule has 0 saturated carbocycles. The second-order valence-electron chi connectivity index (χ2n) is 7.89. The number of halogens is 1. The van der Waals surface area contributed by atoms with Crippen molar-refractivity contribution in [3.8, 4) is 0 Å². The molecule has 0 aromatic carbocycles. The molecule has 0 radical (unpaired) electrons. The second kappa shape index (κ2) is 9.56. The van der Waals surface area contributed by atoms with Crippen LogP contribution >= 0.6 is 11.6 Å². The highest BCUT2D eigenvalue weighted by atomic mass is 35.5. The third-order valence-electron chi connectivity index (χ3n) is 5.36. The molecule has 2 aromatic rings. The Balaban J connectivity index is 1.30. The molecule has 2 aliphatic carbocycles. The molecular weight excluding hydrogens is 400 g/mol. The summed E-state index contributed by atoms with van der Waals surface area (Å²) in [5.74, 6) is 0. The Morgan fingerprint density at radius 2 is 1.27 bits per heavy atom. The number of hydrogen-bond acceptors (Lipinski definition) is 6. The zero-order valence-corrected chi connectivity index (χ0v) is 18.3. The Morgan fingerprint density at radius 1 is 0.800 bits per heavy atom. The van der Waals surface area contributed by atoms with Crippen LogP contribution in [0.15, 0.2) is 34.6 Å². The topological polar surface area (TPSA) is 69.0 Å². The fraction of sp³-hybridized carbons (Fsp3) is 0.478. The quantitative estimate of drug-likeness (QED) is 0.503. The lowest BCUT2D eigenvalue weighted by Gasteiger charge is -2.17. The molecule has 0 bridgehead atoms. The van der Waals surface area contributed by atoms with Gasteiger partial charge in [0.25, 0.3) is 0 Å². The van der Waals surface area contributed by atoms with Crippen LogP contribution in [0.1, 0.15) is 59.6 Å². The number of oxime groups is 2. The monoisotopic (exact) mass is 426 g/mol. The van der Waals surface area contributed by atoms with Gasteiger partial charge in [0.15, 0.2) is 0 Å². The Kier molecular flexibility index (Phi) is 6.62. The van der Waals surface area contributed by atoms with E-state index >= 15 is 0 Å². The Bertz CT molecular complexity index is 896. The first-order chi connectivity index (χ1) is 14.6. The lowest BCUT2D eigenvalue weighted by atomic mass is 9.94. The van der Waals surface area contributed by atoms with Gasteiger partial charge in [-0.05, 0) is 75.6 Å². The predicted molar refractivity (Wildman–Crippen MR) is 118 cm³/mol. The summed E-state index contributed by atoms with van der Waals surface area (Å²) >= 11 is 6.35. The van der Waals surface area contributed by atoms with Gasteiger partial charge in [-0.1, -0.05) is 22.4 Å². The minimum Gasteiger partial charge on any atom is -0.394 e. The van der Waals surface area contributed by atoms with E-state index in [-0.39, 0.29) is 18.6 Å². The molecule has 2 heterocycles. The van der Waals surface area contributed by atoms with Crippen LogP contribution in [0.5, 0.6) is 0 Å². The minimum atomic E-state index is -0.347. The van der Waals surface area contributed by atoms with Crippen molar-refractivity contribution in [3.05, 3.63) is 58.2 Å². The summed E-state index contributed by atoms with van der Waals surface area (Å²) in [6.07, 6.45) is 5.91. The van der Waals surface area contributed by atoms with Gasteiger partial charge in [0.1, 0.15) is 30.0 Å². The van der Waals surface area contributed by atoms with Gasteiger partial charge in [0.05, 0.1) is 11.4 Å². The molecule has 0 atom stereocenters. The number of fused-ring (bicyclic) bond motifs is 2. The summed E-state index contributed by atoms with van der Waals surface area (Å²) in [6, 6.07) is 8.34. The average Bonchev–Trinajstić information content (AvgIpc) is 2.74. The zero-order chi connectivity index (χ0) is 20.9. The summed E-state index contributed by atoms with van der Waals surface area (Å²) in [6.45, 7) is 4.49. The van der Waals surface area contributed by atoms with Crippen LogP contribution in [-0.4, -0.2) is 40.0 Å². The molecular formula is C23H27ClN4O2. The van der Waals surface area contributed by atoms with Gasteiger partial charge >= 0.3 is 0 Å². The van der Waals surface area contributed by atoms with E-state index in [1.54, 1.807) is 0 Å². The lowest BCUT2D eigenvalue weighted by Crippen LogP contribution is -2.19. The van der Waals surface area contributed by atoms with Gasteiger partial charge < -0.3 is 9.68 Å². The molecule has 0 fully saturated rings. The molecule has 6 nitrogen and oxygen atoms in total. The fourth-order valence-electron chi connectivity index (χ4n) is 3.82. The third kappa shape index (κ3) is 4.98. The molecule has 0 aliphatic heterocycles. The maximum absolute atomic E-state index is 6.35. The molecule has 2 aromatic heterocycles. The molecule has 158 valence electrons. The largest absolute Gasteiger partial charge is 0.394 e. The van der Waals surface area contributed by atoms with Gasteiger partial charge in [0, 0.05) is 11.4 Å². The molecule has 0 saturated heterocycles. The highest BCUT2D eigenvalue weighted by molar-refractivity contribution is 6.20. The van der Waals surface area contributed by atoms with Crippen molar-refractivity contribution >= 4 is 23.0 Å². The van der Waals surface area contributed by atoms with Crippen LogP contribution in [0.4, 0.5) is 0 Å². The normalized spacial score (nSPS) is 19.3. The van der Waals surface area contributed by atoms with Crippen molar-refractivity contribution in [1.29, 1.82) is 0 Å². The van der Waals surface area contributed by atoms with Gasteiger partial charge in [-0.25, -0.2) is 0 Å². The van der Waals surface area contributed by atoms with E-state index in [1.807, 2.05) is 26.0 Å². The molecule has 0 amide bonds. The first-order valence-electron chi connectivity index (χ1n) is 10.6. The summed E-state index contributed by atoms with van der Waals surface area (Å²) in [5, 5.41) is 8.28. The van der Waals surface area contributed by atoms with E-state index in [9.17, 15) is 0 Å². The van der Waals surface area contributed by atoms with Gasteiger partial charge in [-0.2, -0.15) is 0 Å². The number of hydrogen-bond donors (Lipinski definition) is 0. The van der Waals surface area contributed by atoms with E-state index in [4.69, 9.17) is 21.3 Å². The zero-order valence-electron chi connectivity index (χ0n) is 17.5. The standard InChI is InChI=1S/C23H27ClN4O2/c1-15-9-11-17-5-3-7-20(22(17)25-15)27-29-13-19(24)14-30-28-21-8-4-6-18-12-10-16(2)26-23(18)21/h9-12,19H,3-8,13-14H2,1-2H3/b27-20+,28-21+.